The smallest absolute Gasteiger partial charge is 0.130 e. The van der Waals surface area contributed by atoms with Crippen molar-refractivity contribution >= 4 is 23.2 Å². The standard InChI is InChI=1S/C13H9Cl2FO/c14-8-5-6-10(12(16)7-8)13(17)9-3-1-2-4-11(9)15/h1-7,13,17H. The number of rotatable bonds is 2. The van der Waals surface area contributed by atoms with Crippen molar-refractivity contribution in [1.29, 1.82) is 0 Å². The van der Waals surface area contributed by atoms with Crippen molar-refractivity contribution in [2.75, 3.05) is 0 Å². The van der Waals surface area contributed by atoms with Crippen LogP contribution in [0.15, 0.2) is 42.5 Å². The van der Waals surface area contributed by atoms with Gasteiger partial charge in [-0.15, -0.1) is 0 Å². The number of aliphatic hydroxyl groups is 1. The molecule has 0 saturated carbocycles. The summed E-state index contributed by atoms with van der Waals surface area (Å²) in [5.41, 5.74) is 0.623. The number of aliphatic hydroxyl groups excluding tert-OH is 1. The van der Waals surface area contributed by atoms with Gasteiger partial charge in [0.1, 0.15) is 11.9 Å². The van der Waals surface area contributed by atoms with Gasteiger partial charge in [0, 0.05) is 21.2 Å². The molecule has 2 rings (SSSR count). The molecule has 0 bridgehead atoms. The Balaban J connectivity index is 2.44. The molecule has 0 amide bonds. The summed E-state index contributed by atoms with van der Waals surface area (Å²) in [6.07, 6.45) is -1.10. The van der Waals surface area contributed by atoms with E-state index in [-0.39, 0.29) is 10.6 Å². The van der Waals surface area contributed by atoms with Gasteiger partial charge in [-0.2, -0.15) is 0 Å². The van der Waals surface area contributed by atoms with Crippen LogP contribution in [0.4, 0.5) is 4.39 Å². The third kappa shape index (κ3) is 2.60. The van der Waals surface area contributed by atoms with Crippen molar-refractivity contribution in [1.82, 2.24) is 0 Å². The zero-order valence-electron chi connectivity index (χ0n) is 8.70. The lowest BCUT2D eigenvalue weighted by Gasteiger charge is -2.13. The van der Waals surface area contributed by atoms with E-state index in [9.17, 15) is 9.50 Å². The minimum atomic E-state index is -1.10. The molecular formula is C13H9Cl2FO. The molecule has 0 heterocycles. The summed E-state index contributed by atoms with van der Waals surface area (Å²) in [5.74, 6) is -0.551. The zero-order chi connectivity index (χ0) is 12.4. The fourth-order valence-electron chi connectivity index (χ4n) is 1.59. The van der Waals surface area contributed by atoms with Crippen LogP contribution in [0, 0.1) is 5.82 Å². The molecule has 0 spiro atoms. The first-order valence-electron chi connectivity index (χ1n) is 4.97. The number of halogens is 3. The van der Waals surface area contributed by atoms with E-state index in [0.29, 0.717) is 10.6 Å². The Labute approximate surface area is 108 Å². The Morgan fingerprint density at radius 2 is 1.71 bits per heavy atom. The highest BCUT2D eigenvalue weighted by molar-refractivity contribution is 6.31. The topological polar surface area (TPSA) is 20.2 Å². The summed E-state index contributed by atoms with van der Waals surface area (Å²) in [6.45, 7) is 0. The van der Waals surface area contributed by atoms with E-state index in [1.165, 1.54) is 12.1 Å². The molecule has 4 heteroatoms. The van der Waals surface area contributed by atoms with Gasteiger partial charge in [-0.05, 0) is 18.2 Å². The molecule has 0 aromatic heterocycles. The van der Waals surface area contributed by atoms with Gasteiger partial charge in [0.2, 0.25) is 0 Å². The van der Waals surface area contributed by atoms with Crippen molar-refractivity contribution in [3.05, 3.63) is 69.5 Å². The van der Waals surface area contributed by atoms with E-state index < -0.39 is 11.9 Å². The van der Waals surface area contributed by atoms with Crippen molar-refractivity contribution in [3.8, 4) is 0 Å². The second kappa shape index (κ2) is 5.05. The largest absolute Gasteiger partial charge is 0.383 e. The van der Waals surface area contributed by atoms with Crippen molar-refractivity contribution in [3.63, 3.8) is 0 Å². The lowest BCUT2D eigenvalue weighted by atomic mass is 10.0. The molecule has 1 atom stereocenters. The predicted molar refractivity (Wildman–Crippen MR) is 66.9 cm³/mol. The minimum absolute atomic E-state index is 0.155. The van der Waals surface area contributed by atoms with E-state index in [4.69, 9.17) is 23.2 Å². The van der Waals surface area contributed by atoms with Crippen LogP contribution in [0.2, 0.25) is 10.0 Å². The highest BCUT2D eigenvalue weighted by Gasteiger charge is 2.17. The maximum atomic E-state index is 13.6. The molecule has 0 aliphatic rings. The second-order valence-corrected chi connectivity index (χ2v) is 4.43. The lowest BCUT2D eigenvalue weighted by Crippen LogP contribution is -2.03. The molecule has 1 nitrogen and oxygen atoms in total. The van der Waals surface area contributed by atoms with Crippen LogP contribution in [0.5, 0.6) is 0 Å². The van der Waals surface area contributed by atoms with E-state index in [0.717, 1.165) is 6.07 Å². The van der Waals surface area contributed by atoms with Crippen LogP contribution in [0.1, 0.15) is 17.2 Å². The minimum Gasteiger partial charge on any atom is -0.383 e. The molecule has 0 fully saturated rings. The first-order valence-corrected chi connectivity index (χ1v) is 5.72. The SMILES string of the molecule is OC(c1ccc(Cl)cc1F)c1ccccc1Cl. The quantitative estimate of drug-likeness (QED) is 0.867. The Bertz CT molecular complexity index is 543. The van der Waals surface area contributed by atoms with E-state index in [1.807, 2.05) is 0 Å². The van der Waals surface area contributed by atoms with Crippen molar-refractivity contribution in [2.24, 2.45) is 0 Å². The normalized spacial score (nSPS) is 12.5. The average Bonchev–Trinajstić information content (AvgIpc) is 2.29. The lowest BCUT2D eigenvalue weighted by molar-refractivity contribution is 0.215. The highest BCUT2D eigenvalue weighted by atomic mass is 35.5. The highest BCUT2D eigenvalue weighted by Crippen LogP contribution is 2.30. The van der Waals surface area contributed by atoms with Gasteiger partial charge < -0.3 is 5.11 Å². The van der Waals surface area contributed by atoms with Crippen LogP contribution in [-0.2, 0) is 0 Å². The van der Waals surface area contributed by atoms with Gasteiger partial charge in [0.15, 0.2) is 0 Å². The van der Waals surface area contributed by atoms with Gasteiger partial charge in [0.05, 0.1) is 0 Å². The molecule has 0 aliphatic heterocycles. The van der Waals surface area contributed by atoms with Crippen LogP contribution in [0.25, 0.3) is 0 Å². The summed E-state index contributed by atoms with van der Waals surface area (Å²) in [4.78, 5) is 0. The van der Waals surface area contributed by atoms with Gasteiger partial charge in [-0.25, -0.2) is 4.39 Å². The van der Waals surface area contributed by atoms with Crippen molar-refractivity contribution in [2.45, 2.75) is 6.10 Å². The number of benzene rings is 2. The Hall–Kier alpha value is -1.09. The van der Waals surface area contributed by atoms with Gasteiger partial charge in [-0.3, -0.25) is 0 Å². The molecule has 1 N–H and O–H groups in total. The Morgan fingerprint density at radius 1 is 1.00 bits per heavy atom. The first-order chi connectivity index (χ1) is 8.09. The van der Waals surface area contributed by atoms with E-state index in [2.05, 4.69) is 0 Å². The van der Waals surface area contributed by atoms with E-state index >= 15 is 0 Å². The average molecular weight is 271 g/mol. The number of hydrogen-bond donors (Lipinski definition) is 1. The monoisotopic (exact) mass is 270 g/mol. The molecule has 1 unspecified atom stereocenters. The molecule has 0 radical (unpaired) electrons. The third-order valence-corrected chi connectivity index (χ3v) is 3.04. The maximum Gasteiger partial charge on any atom is 0.130 e. The number of hydrogen-bond acceptors (Lipinski definition) is 1. The summed E-state index contributed by atoms with van der Waals surface area (Å²) in [6, 6.07) is 10.9. The Morgan fingerprint density at radius 3 is 2.35 bits per heavy atom. The van der Waals surface area contributed by atoms with Crippen LogP contribution in [-0.4, -0.2) is 5.11 Å². The molecule has 88 valence electrons. The fourth-order valence-corrected chi connectivity index (χ4v) is 1.99. The van der Waals surface area contributed by atoms with Crippen LogP contribution < -0.4 is 0 Å². The van der Waals surface area contributed by atoms with Crippen LogP contribution in [0.3, 0.4) is 0 Å². The fraction of sp³-hybridized carbons (Fsp3) is 0.0769. The second-order valence-electron chi connectivity index (χ2n) is 3.59. The predicted octanol–water partition coefficient (Wildman–Crippen LogP) is 4.21. The molecular weight excluding hydrogens is 262 g/mol. The van der Waals surface area contributed by atoms with E-state index in [1.54, 1.807) is 24.3 Å². The zero-order valence-corrected chi connectivity index (χ0v) is 10.2. The first kappa shape index (κ1) is 12.4. The summed E-state index contributed by atoms with van der Waals surface area (Å²) in [7, 11) is 0. The molecule has 2 aromatic carbocycles. The maximum absolute atomic E-state index is 13.6. The molecule has 2 aromatic rings. The van der Waals surface area contributed by atoms with Gasteiger partial charge in [-0.1, -0.05) is 47.5 Å². The van der Waals surface area contributed by atoms with Gasteiger partial charge in [0.25, 0.3) is 0 Å². The molecule has 0 aliphatic carbocycles. The summed E-state index contributed by atoms with van der Waals surface area (Å²) in [5, 5.41) is 10.8. The molecule has 0 saturated heterocycles. The van der Waals surface area contributed by atoms with Gasteiger partial charge >= 0.3 is 0 Å². The summed E-state index contributed by atoms with van der Waals surface area (Å²) >= 11 is 11.6. The summed E-state index contributed by atoms with van der Waals surface area (Å²) < 4.78 is 13.6. The Kier molecular flexibility index (Phi) is 3.67. The third-order valence-electron chi connectivity index (χ3n) is 2.46. The van der Waals surface area contributed by atoms with Crippen molar-refractivity contribution < 1.29 is 9.50 Å². The molecule has 17 heavy (non-hydrogen) atoms. The van der Waals surface area contributed by atoms with Crippen LogP contribution >= 0.6 is 23.2 Å².